The standard InChI is InChI=1S/C28H29N3O6S/c29-38(33,34)24-10-8-21(9-11-24)27-26(20-5-2-1-3-6-20)31-25(37-27)7-4-14-36-23-17-22(18-30-19-23)28(32)12-15-35-16-13-28/h1-3,5-6,8-11,17-19,32H,4,7,12-16H2,(H2,29,33,34). The number of rotatable bonds is 9. The molecule has 38 heavy (non-hydrogen) atoms. The van der Waals surface area contributed by atoms with Gasteiger partial charge in [-0.2, -0.15) is 0 Å². The van der Waals surface area contributed by atoms with Crippen LogP contribution in [0.15, 0.2) is 82.4 Å². The molecule has 2 aromatic heterocycles. The first-order valence-electron chi connectivity index (χ1n) is 12.4. The van der Waals surface area contributed by atoms with E-state index in [0.29, 0.717) is 74.2 Å². The molecule has 0 aliphatic carbocycles. The van der Waals surface area contributed by atoms with Crippen molar-refractivity contribution in [2.24, 2.45) is 5.14 Å². The van der Waals surface area contributed by atoms with Crippen molar-refractivity contribution >= 4 is 10.0 Å². The molecule has 0 unspecified atom stereocenters. The van der Waals surface area contributed by atoms with E-state index in [4.69, 9.17) is 24.0 Å². The Morgan fingerprint density at radius 2 is 1.74 bits per heavy atom. The minimum absolute atomic E-state index is 0.0295. The van der Waals surface area contributed by atoms with Gasteiger partial charge in [0.1, 0.15) is 11.4 Å². The molecule has 0 bridgehead atoms. The van der Waals surface area contributed by atoms with E-state index in [9.17, 15) is 13.5 Å². The van der Waals surface area contributed by atoms with E-state index in [1.54, 1.807) is 24.5 Å². The summed E-state index contributed by atoms with van der Waals surface area (Å²) in [5.41, 5.74) is 2.04. The summed E-state index contributed by atoms with van der Waals surface area (Å²) in [6.45, 7) is 1.44. The van der Waals surface area contributed by atoms with Crippen LogP contribution in [-0.2, 0) is 26.8 Å². The van der Waals surface area contributed by atoms with Gasteiger partial charge in [0.2, 0.25) is 10.0 Å². The van der Waals surface area contributed by atoms with E-state index in [0.717, 1.165) is 11.1 Å². The summed E-state index contributed by atoms with van der Waals surface area (Å²) in [5, 5.41) is 16.2. The van der Waals surface area contributed by atoms with E-state index in [1.807, 2.05) is 36.4 Å². The van der Waals surface area contributed by atoms with Crippen molar-refractivity contribution < 1.29 is 27.4 Å². The number of primary sulfonamides is 1. The smallest absolute Gasteiger partial charge is 0.238 e. The topological polar surface area (TPSA) is 138 Å². The molecule has 10 heteroatoms. The lowest BCUT2D eigenvalue weighted by Gasteiger charge is -2.32. The molecule has 1 aliphatic heterocycles. The first kappa shape index (κ1) is 26.1. The molecule has 1 fully saturated rings. The summed E-state index contributed by atoms with van der Waals surface area (Å²) in [6, 6.07) is 17.7. The molecule has 9 nitrogen and oxygen atoms in total. The van der Waals surface area contributed by atoms with Crippen molar-refractivity contribution in [3.63, 3.8) is 0 Å². The largest absolute Gasteiger partial charge is 0.492 e. The summed E-state index contributed by atoms with van der Waals surface area (Å²) >= 11 is 0. The van der Waals surface area contributed by atoms with Gasteiger partial charge < -0.3 is 19.0 Å². The van der Waals surface area contributed by atoms with E-state index in [1.165, 1.54) is 12.1 Å². The molecule has 0 amide bonds. The van der Waals surface area contributed by atoms with Crippen LogP contribution in [0.25, 0.3) is 22.6 Å². The quantitative estimate of drug-likeness (QED) is 0.306. The molecule has 198 valence electrons. The molecule has 2 aromatic carbocycles. The molecule has 0 spiro atoms. The predicted octanol–water partition coefficient (Wildman–Crippen LogP) is 4.06. The van der Waals surface area contributed by atoms with Gasteiger partial charge in [-0.3, -0.25) is 4.98 Å². The molecule has 1 aliphatic rings. The third-order valence-electron chi connectivity index (χ3n) is 6.54. The maximum Gasteiger partial charge on any atom is 0.238 e. The van der Waals surface area contributed by atoms with Gasteiger partial charge in [0.25, 0.3) is 0 Å². The van der Waals surface area contributed by atoms with Gasteiger partial charge in [-0.05, 0) is 36.8 Å². The van der Waals surface area contributed by atoms with Crippen molar-refractivity contribution in [3.8, 4) is 28.3 Å². The van der Waals surface area contributed by atoms with Crippen LogP contribution in [0.3, 0.4) is 0 Å². The van der Waals surface area contributed by atoms with Crippen molar-refractivity contribution in [2.75, 3.05) is 19.8 Å². The fraction of sp³-hybridized carbons (Fsp3) is 0.286. The van der Waals surface area contributed by atoms with Gasteiger partial charge >= 0.3 is 0 Å². The van der Waals surface area contributed by atoms with Crippen molar-refractivity contribution in [3.05, 3.63) is 84.5 Å². The fourth-order valence-electron chi connectivity index (χ4n) is 4.42. The van der Waals surface area contributed by atoms with Gasteiger partial charge in [0.15, 0.2) is 11.7 Å². The number of benzene rings is 2. The Balaban J connectivity index is 1.28. The third-order valence-corrected chi connectivity index (χ3v) is 7.47. The van der Waals surface area contributed by atoms with Crippen molar-refractivity contribution in [1.29, 1.82) is 0 Å². The molecule has 4 aromatic rings. The molecule has 3 N–H and O–H groups in total. The Morgan fingerprint density at radius 3 is 2.45 bits per heavy atom. The SMILES string of the molecule is NS(=O)(=O)c1ccc(-c2oc(CCCOc3cncc(C4(O)CCOCC4)c3)nc2-c2ccccc2)cc1. The minimum Gasteiger partial charge on any atom is -0.492 e. The molecular formula is C28H29N3O6S. The Kier molecular flexibility index (Phi) is 7.57. The highest BCUT2D eigenvalue weighted by atomic mass is 32.2. The number of oxazole rings is 1. The molecule has 3 heterocycles. The van der Waals surface area contributed by atoms with Crippen LogP contribution in [0, 0.1) is 0 Å². The molecule has 0 saturated carbocycles. The van der Waals surface area contributed by atoms with Crippen molar-refractivity contribution in [2.45, 2.75) is 36.2 Å². The zero-order valence-electron chi connectivity index (χ0n) is 20.7. The zero-order chi connectivity index (χ0) is 26.6. The summed E-state index contributed by atoms with van der Waals surface area (Å²) in [6.07, 6.45) is 5.53. The number of hydrogen-bond donors (Lipinski definition) is 2. The average molecular weight is 536 g/mol. The maximum absolute atomic E-state index is 11.6. The zero-order valence-corrected chi connectivity index (χ0v) is 21.6. The monoisotopic (exact) mass is 535 g/mol. The van der Waals surface area contributed by atoms with E-state index in [2.05, 4.69) is 4.98 Å². The number of sulfonamides is 1. The van der Waals surface area contributed by atoms with E-state index >= 15 is 0 Å². The molecule has 1 saturated heterocycles. The molecule has 0 atom stereocenters. The Hall–Kier alpha value is -3.57. The maximum atomic E-state index is 11.6. The Bertz CT molecular complexity index is 1480. The van der Waals surface area contributed by atoms with E-state index < -0.39 is 15.6 Å². The second-order valence-electron chi connectivity index (χ2n) is 9.23. The summed E-state index contributed by atoms with van der Waals surface area (Å²) in [7, 11) is -3.79. The van der Waals surface area contributed by atoms with Crippen LogP contribution < -0.4 is 9.88 Å². The summed E-state index contributed by atoms with van der Waals surface area (Å²) < 4.78 is 40.7. The lowest BCUT2D eigenvalue weighted by atomic mass is 9.87. The van der Waals surface area contributed by atoms with Gasteiger partial charge in [-0.1, -0.05) is 30.3 Å². The van der Waals surface area contributed by atoms with Gasteiger partial charge in [-0.15, -0.1) is 0 Å². The first-order chi connectivity index (χ1) is 18.3. The second-order valence-corrected chi connectivity index (χ2v) is 10.8. The highest BCUT2D eigenvalue weighted by molar-refractivity contribution is 7.89. The number of aliphatic hydroxyl groups is 1. The lowest BCUT2D eigenvalue weighted by Crippen LogP contribution is -2.33. The predicted molar refractivity (Wildman–Crippen MR) is 141 cm³/mol. The van der Waals surface area contributed by atoms with Crippen LogP contribution in [0.2, 0.25) is 0 Å². The second kappa shape index (κ2) is 11.0. The number of aryl methyl sites for hydroxylation is 1. The van der Waals surface area contributed by atoms with Gasteiger partial charge in [-0.25, -0.2) is 18.5 Å². The number of aromatic nitrogens is 2. The first-order valence-corrected chi connectivity index (χ1v) is 13.9. The molecule has 5 rings (SSSR count). The van der Waals surface area contributed by atoms with Crippen LogP contribution in [0.1, 0.15) is 30.7 Å². The molecule has 0 radical (unpaired) electrons. The number of nitrogens with two attached hydrogens (primary N) is 1. The van der Waals surface area contributed by atoms with Crippen LogP contribution in [-0.4, -0.2) is 43.3 Å². The average Bonchev–Trinajstić information content (AvgIpc) is 3.36. The fourth-order valence-corrected chi connectivity index (χ4v) is 4.93. The number of hydrogen-bond acceptors (Lipinski definition) is 8. The summed E-state index contributed by atoms with van der Waals surface area (Å²) in [4.78, 5) is 9.01. The van der Waals surface area contributed by atoms with E-state index in [-0.39, 0.29) is 4.90 Å². The van der Waals surface area contributed by atoms with Gasteiger partial charge in [0, 0.05) is 55.4 Å². The number of nitrogens with zero attached hydrogens (tertiary/aromatic N) is 2. The van der Waals surface area contributed by atoms with Crippen LogP contribution in [0.5, 0.6) is 5.75 Å². The summed E-state index contributed by atoms with van der Waals surface area (Å²) in [5.74, 6) is 1.69. The highest BCUT2D eigenvalue weighted by Gasteiger charge is 2.32. The third kappa shape index (κ3) is 5.94. The van der Waals surface area contributed by atoms with Gasteiger partial charge in [0.05, 0.1) is 23.3 Å². The number of pyridine rings is 1. The molecular weight excluding hydrogens is 506 g/mol. The van der Waals surface area contributed by atoms with Crippen LogP contribution in [0.4, 0.5) is 0 Å². The lowest BCUT2D eigenvalue weighted by molar-refractivity contribution is -0.0682. The highest BCUT2D eigenvalue weighted by Crippen LogP contribution is 2.34. The normalized spacial score (nSPS) is 15.3. The minimum atomic E-state index is -3.79. The number of ether oxygens (including phenoxy) is 2. The Labute approximate surface area is 221 Å². The van der Waals surface area contributed by atoms with Crippen LogP contribution >= 0.6 is 0 Å². The Morgan fingerprint density at radius 1 is 1.00 bits per heavy atom. The van der Waals surface area contributed by atoms with Crippen molar-refractivity contribution in [1.82, 2.24) is 9.97 Å².